The average molecular weight is 331 g/mol. The number of thiazole rings is 1. The molecule has 0 saturated heterocycles. The molecule has 2 aromatic heterocycles. The summed E-state index contributed by atoms with van der Waals surface area (Å²) in [5.41, 5.74) is 3.32. The minimum Gasteiger partial charge on any atom is -0.423 e. The number of anilines is 1. The molecular weight excluding hydrogens is 314 g/mol. The Kier molecular flexibility index (Phi) is 4.24. The van der Waals surface area contributed by atoms with Gasteiger partial charge in [-0.2, -0.15) is 0 Å². The highest BCUT2D eigenvalue weighted by atomic mass is 32.1. The first-order valence-corrected chi connectivity index (χ1v) is 8.15. The van der Waals surface area contributed by atoms with Crippen LogP contribution in [0.2, 0.25) is 0 Å². The largest absolute Gasteiger partial charge is 0.423 e. The van der Waals surface area contributed by atoms with Crippen LogP contribution >= 0.6 is 11.3 Å². The summed E-state index contributed by atoms with van der Waals surface area (Å²) in [6, 6.07) is 4.89. The van der Waals surface area contributed by atoms with Crippen molar-refractivity contribution in [1.29, 1.82) is 0 Å². The highest BCUT2D eigenvalue weighted by Gasteiger charge is 2.17. The molecule has 23 heavy (non-hydrogen) atoms. The van der Waals surface area contributed by atoms with Crippen LogP contribution in [-0.2, 0) is 0 Å². The van der Waals surface area contributed by atoms with E-state index in [9.17, 15) is 4.79 Å². The van der Waals surface area contributed by atoms with Gasteiger partial charge in [0.1, 0.15) is 6.04 Å². The molecule has 0 saturated carbocycles. The van der Waals surface area contributed by atoms with Crippen LogP contribution < -0.4 is 10.6 Å². The third kappa shape index (κ3) is 3.48. The van der Waals surface area contributed by atoms with Crippen LogP contribution in [0.3, 0.4) is 0 Å². The predicted molar refractivity (Wildman–Crippen MR) is 88.6 cm³/mol. The first kappa shape index (κ1) is 15.4. The lowest BCUT2D eigenvalue weighted by molar-refractivity contribution is 0.246. The van der Waals surface area contributed by atoms with E-state index in [1.54, 1.807) is 23.8 Å². The number of fused-ring (bicyclic) bond motifs is 1. The Balaban J connectivity index is 1.63. The van der Waals surface area contributed by atoms with Gasteiger partial charge in [-0.15, -0.1) is 21.5 Å². The molecule has 2 N–H and O–H groups in total. The topological polar surface area (TPSA) is 92.9 Å². The van der Waals surface area contributed by atoms with Crippen LogP contribution in [0.1, 0.15) is 44.5 Å². The molecule has 0 unspecified atom stereocenters. The molecule has 8 heteroatoms. The fourth-order valence-corrected chi connectivity index (χ4v) is 2.67. The number of benzene rings is 1. The Morgan fingerprint density at radius 2 is 2.00 bits per heavy atom. The Morgan fingerprint density at radius 3 is 2.74 bits per heavy atom. The molecule has 1 atom stereocenters. The molecule has 0 fully saturated rings. The quantitative estimate of drug-likeness (QED) is 0.760. The van der Waals surface area contributed by atoms with Gasteiger partial charge < -0.3 is 15.1 Å². The molecule has 3 aromatic rings. The van der Waals surface area contributed by atoms with E-state index in [-0.39, 0.29) is 18.0 Å². The highest BCUT2D eigenvalue weighted by Crippen LogP contribution is 2.21. The van der Waals surface area contributed by atoms with Crippen molar-refractivity contribution in [3.05, 3.63) is 35.5 Å². The van der Waals surface area contributed by atoms with Crippen molar-refractivity contribution in [2.24, 2.45) is 0 Å². The second-order valence-electron chi connectivity index (χ2n) is 5.49. The van der Waals surface area contributed by atoms with Crippen molar-refractivity contribution in [2.45, 2.75) is 32.7 Å². The van der Waals surface area contributed by atoms with Gasteiger partial charge in [0.05, 0.1) is 15.7 Å². The van der Waals surface area contributed by atoms with Gasteiger partial charge in [-0.1, -0.05) is 13.8 Å². The lowest BCUT2D eigenvalue weighted by Crippen LogP contribution is -2.31. The molecule has 0 aliphatic carbocycles. The molecule has 3 rings (SSSR count). The number of hydrogen-bond donors (Lipinski definition) is 2. The Hall–Kier alpha value is -2.48. The van der Waals surface area contributed by atoms with Gasteiger partial charge >= 0.3 is 6.03 Å². The average Bonchev–Trinajstić information content (AvgIpc) is 3.15. The van der Waals surface area contributed by atoms with Crippen LogP contribution in [0.15, 0.2) is 28.1 Å². The normalized spacial score (nSPS) is 12.5. The maximum atomic E-state index is 12.1. The van der Waals surface area contributed by atoms with E-state index in [2.05, 4.69) is 25.8 Å². The van der Waals surface area contributed by atoms with Gasteiger partial charge in [0.25, 0.3) is 0 Å². The monoisotopic (exact) mass is 331 g/mol. The van der Waals surface area contributed by atoms with Crippen molar-refractivity contribution in [2.75, 3.05) is 5.32 Å². The van der Waals surface area contributed by atoms with E-state index in [1.807, 2.05) is 32.0 Å². The Labute approximate surface area is 137 Å². The van der Waals surface area contributed by atoms with Gasteiger partial charge in [-0.3, -0.25) is 0 Å². The number of aromatic nitrogens is 3. The highest BCUT2D eigenvalue weighted by molar-refractivity contribution is 7.16. The molecule has 2 amide bonds. The summed E-state index contributed by atoms with van der Waals surface area (Å²) >= 11 is 1.56. The number of nitrogens with one attached hydrogen (secondary N) is 2. The van der Waals surface area contributed by atoms with Crippen molar-refractivity contribution < 1.29 is 9.21 Å². The van der Waals surface area contributed by atoms with Gasteiger partial charge in [-0.05, 0) is 25.1 Å². The van der Waals surface area contributed by atoms with E-state index in [4.69, 9.17) is 4.42 Å². The zero-order valence-electron chi connectivity index (χ0n) is 13.0. The molecule has 0 spiro atoms. The van der Waals surface area contributed by atoms with Crippen molar-refractivity contribution in [3.63, 3.8) is 0 Å². The number of rotatable bonds is 4. The molecule has 120 valence electrons. The summed E-state index contributed by atoms with van der Waals surface area (Å²) in [7, 11) is 0. The van der Waals surface area contributed by atoms with E-state index in [0.29, 0.717) is 17.5 Å². The van der Waals surface area contributed by atoms with E-state index < -0.39 is 0 Å². The van der Waals surface area contributed by atoms with E-state index in [1.165, 1.54) is 0 Å². The number of carbonyl (C=O) groups excluding carboxylic acids is 1. The fraction of sp³-hybridized carbons (Fsp3) is 0.333. The minimum atomic E-state index is -0.377. The van der Waals surface area contributed by atoms with Gasteiger partial charge in [0, 0.05) is 11.6 Å². The van der Waals surface area contributed by atoms with Gasteiger partial charge in [-0.25, -0.2) is 9.78 Å². The number of urea groups is 1. The maximum Gasteiger partial charge on any atom is 0.319 e. The first-order chi connectivity index (χ1) is 11.0. The molecule has 0 radical (unpaired) electrons. The van der Waals surface area contributed by atoms with Crippen LogP contribution in [0.4, 0.5) is 10.5 Å². The van der Waals surface area contributed by atoms with Gasteiger partial charge in [0.15, 0.2) is 0 Å². The number of amides is 2. The first-order valence-electron chi connectivity index (χ1n) is 7.27. The molecule has 2 heterocycles. The third-order valence-electron chi connectivity index (χ3n) is 3.26. The number of hydrogen-bond acceptors (Lipinski definition) is 6. The summed E-state index contributed by atoms with van der Waals surface area (Å²) in [4.78, 5) is 16.3. The summed E-state index contributed by atoms with van der Waals surface area (Å²) in [5.74, 6) is 1.10. The molecule has 1 aromatic carbocycles. The Morgan fingerprint density at radius 1 is 1.22 bits per heavy atom. The van der Waals surface area contributed by atoms with Gasteiger partial charge in [0.2, 0.25) is 11.8 Å². The van der Waals surface area contributed by atoms with Crippen LogP contribution in [0, 0.1) is 0 Å². The van der Waals surface area contributed by atoms with Crippen LogP contribution in [0.25, 0.3) is 10.2 Å². The summed E-state index contributed by atoms with van der Waals surface area (Å²) in [6.45, 7) is 5.73. The zero-order chi connectivity index (χ0) is 16.4. The predicted octanol–water partition coefficient (Wildman–Crippen LogP) is 3.69. The maximum absolute atomic E-state index is 12.1. The number of nitrogens with zero attached hydrogens (tertiary/aromatic N) is 3. The SMILES string of the molecule is CC(C)c1nnc([C@@H](C)NC(=O)Nc2ccc3scnc3c2)o1. The smallest absolute Gasteiger partial charge is 0.319 e. The summed E-state index contributed by atoms with van der Waals surface area (Å²) < 4.78 is 6.61. The minimum absolute atomic E-state index is 0.155. The molecule has 0 aliphatic rings. The van der Waals surface area contributed by atoms with Crippen molar-refractivity contribution in [1.82, 2.24) is 20.5 Å². The van der Waals surface area contributed by atoms with E-state index in [0.717, 1.165) is 10.2 Å². The standard InChI is InChI=1S/C15H17N5O2S/c1-8(2)13-19-20-14(22-13)9(3)17-15(21)18-10-4-5-12-11(6-10)16-7-23-12/h4-9H,1-3H3,(H2,17,18,21)/t9-/m1/s1. The number of carbonyl (C=O) groups is 1. The third-order valence-corrected chi connectivity index (χ3v) is 4.07. The second-order valence-corrected chi connectivity index (χ2v) is 6.37. The van der Waals surface area contributed by atoms with E-state index >= 15 is 0 Å². The second kappa shape index (κ2) is 6.33. The lowest BCUT2D eigenvalue weighted by Gasteiger charge is -2.11. The summed E-state index contributed by atoms with van der Waals surface area (Å²) in [5, 5.41) is 13.5. The fourth-order valence-electron chi connectivity index (χ4n) is 2.02. The lowest BCUT2D eigenvalue weighted by atomic mass is 10.2. The van der Waals surface area contributed by atoms with Crippen LogP contribution in [-0.4, -0.2) is 21.2 Å². The van der Waals surface area contributed by atoms with Crippen molar-refractivity contribution in [3.8, 4) is 0 Å². The van der Waals surface area contributed by atoms with Crippen molar-refractivity contribution >= 4 is 33.3 Å². The molecule has 7 nitrogen and oxygen atoms in total. The van der Waals surface area contributed by atoms with Crippen LogP contribution in [0.5, 0.6) is 0 Å². The molecule has 0 aliphatic heterocycles. The zero-order valence-corrected chi connectivity index (χ0v) is 13.8. The molecule has 0 bridgehead atoms. The Bertz CT molecular complexity index is 826. The molecular formula is C15H17N5O2S. The summed E-state index contributed by atoms with van der Waals surface area (Å²) in [6.07, 6.45) is 0.